The molecule has 0 heterocycles. The Morgan fingerprint density at radius 1 is 1.25 bits per heavy atom. The maximum atomic E-state index is 12.3. The molecule has 0 aromatic carbocycles. The third-order valence-corrected chi connectivity index (χ3v) is 3.87. The molecule has 5 heteroatoms. The van der Waals surface area contributed by atoms with Crippen molar-refractivity contribution in [3.8, 4) is 0 Å². The van der Waals surface area contributed by atoms with E-state index >= 15 is 0 Å². The summed E-state index contributed by atoms with van der Waals surface area (Å²) in [6, 6.07) is 0.0702. The Morgan fingerprint density at radius 2 is 1.85 bits per heavy atom. The molecular weight excluding hydrogens is 274 g/mol. The molecule has 0 rings (SSSR count). The number of carbonyl (C=O) groups is 2. The SMILES string of the molecule is CCOC(=O)C(C(=O)NC(C)CCSCC)C(C)(C)C. The van der Waals surface area contributed by atoms with Gasteiger partial charge in [-0.25, -0.2) is 0 Å². The average Bonchev–Trinajstić information content (AvgIpc) is 2.27. The predicted octanol–water partition coefficient (Wildman–Crippen LogP) is 2.86. The van der Waals surface area contributed by atoms with Crippen LogP contribution in [0.25, 0.3) is 0 Å². The third-order valence-electron chi connectivity index (χ3n) is 2.94. The van der Waals surface area contributed by atoms with Crippen LogP contribution in [0.4, 0.5) is 0 Å². The van der Waals surface area contributed by atoms with Gasteiger partial charge in [-0.3, -0.25) is 9.59 Å². The highest BCUT2D eigenvalue weighted by atomic mass is 32.2. The first-order valence-electron chi connectivity index (χ1n) is 7.28. The molecule has 0 saturated carbocycles. The summed E-state index contributed by atoms with van der Waals surface area (Å²) in [4.78, 5) is 24.3. The van der Waals surface area contributed by atoms with Crippen molar-refractivity contribution in [2.75, 3.05) is 18.1 Å². The summed E-state index contributed by atoms with van der Waals surface area (Å²) in [6.07, 6.45) is 0.907. The molecule has 20 heavy (non-hydrogen) atoms. The molecule has 0 aromatic rings. The molecule has 0 aromatic heterocycles. The molecule has 0 fully saturated rings. The van der Waals surface area contributed by atoms with E-state index in [4.69, 9.17) is 4.74 Å². The smallest absolute Gasteiger partial charge is 0.319 e. The van der Waals surface area contributed by atoms with Gasteiger partial charge in [0, 0.05) is 6.04 Å². The van der Waals surface area contributed by atoms with Crippen LogP contribution in [-0.4, -0.2) is 36.0 Å². The standard InChI is InChI=1S/C15H29NO3S/c1-7-19-14(18)12(15(4,5)6)13(17)16-11(3)9-10-20-8-2/h11-12H,7-10H2,1-6H3,(H,16,17). The van der Waals surface area contributed by atoms with Gasteiger partial charge in [0.1, 0.15) is 5.92 Å². The van der Waals surface area contributed by atoms with E-state index in [1.54, 1.807) is 6.92 Å². The summed E-state index contributed by atoms with van der Waals surface area (Å²) in [5.41, 5.74) is -0.450. The lowest BCUT2D eigenvalue weighted by atomic mass is 9.80. The maximum Gasteiger partial charge on any atom is 0.319 e. The fourth-order valence-electron chi connectivity index (χ4n) is 1.88. The van der Waals surface area contributed by atoms with Crippen molar-refractivity contribution in [1.82, 2.24) is 5.32 Å². The zero-order valence-corrected chi connectivity index (χ0v) is 14.4. The first-order valence-corrected chi connectivity index (χ1v) is 8.44. The van der Waals surface area contributed by atoms with E-state index in [1.165, 1.54) is 0 Å². The number of amides is 1. The van der Waals surface area contributed by atoms with Crippen molar-refractivity contribution in [3.05, 3.63) is 0 Å². The number of hydrogen-bond acceptors (Lipinski definition) is 4. The molecule has 2 unspecified atom stereocenters. The van der Waals surface area contributed by atoms with Crippen molar-refractivity contribution in [1.29, 1.82) is 0 Å². The summed E-state index contributed by atoms with van der Waals surface area (Å²) in [5, 5.41) is 2.93. The second-order valence-electron chi connectivity index (χ2n) is 5.95. The Kier molecular flexibility index (Phi) is 8.94. The van der Waals surface area contributed by atoms with Gasteiger partial charge >= 0.3 is 5.97 Å². The molecule has 118 valence electrons. The van der Waals surface area contributed by atoms with Gasteiger partial charge in [-0.2, -0.15) is 11.8 Å². The number of thioether (sulfide) groups is 1. The Labute approximate surface area is 127 Å². The number of carbonyl (C=O) groups excluding carboxylic acids is 2. The normalized spacial score (nSPS) is 14.5. The molecule has 1 amide bonds. The third kappa shape index (κ3) is 7.17. The van der Waals surface area contributed by atoms with Crippen LogP contribution in [0.1, 0.15) is 48.0 Å². The molecule has 0 saturated heterocycles. The van der Waals surface area contributed by atoms with Gasteiger partial charge in [0.25, 0.3) is 0 Å². The average molecular weight is 303 g/mol. The Bertz CT molecular complexity index is 313. The van der Waals surface area contributed by atoms with Crippen LogP contribution in [0, 0.1) is 11.3 Å². The number of esters is 1. The van der Waals surface area contributed by atoms with Crippen LogP contribution >= 0.6 is 11.8 Å². The van der Waals surface area contributed by atoms with Gasteiger partial charge < -0.3 is 10.1 Å². The van der Waals surface area contributed by atoms with E-state index in [9.17, 15) is 9.59 Å². The minimum atomic E-state index is -0.760. The topological polar surface area (TPSA) is 55.4 Å². The predicted molar refractivity (Wildman–Crippen MR) is 84.8 cm³/mol. The number of hydrogen-bond donors (Lipinski definition) is 1. The van der Waals surface area contributed by atoms with E-state index in [1.807, 2.05) is 39.5 Å². The molecule has 1 N–H and O–H groups in total. The summed E-state index contributed by atoms with van der Waals surface area (Å²) in [6.45, 7) is 11.8. The Balaban J connectivity index is 4.60. The van der Waals surface area contributed by atoms with Crippen LogP contribution in [0.3, 0.4) is 0 Å². The van der Waals surface area contributed by atoms with E-state index in [-0.39, 0.29) is 11.9 Å². The van der Waals surface area contributed by atoms with E-state index in [0.717, 1.165) is 17.9 Å². The number of nitrogens with one attached hydrogen (secondary N) is 1. The van der Waals surface area contributed by atoms with Crippen LogP contribution < -0.4 is 5.32 Å². The van der Waals surface area contributed by atoms with Crippen molar-refractivity contribution < 1.29 is 14.3 Å². The first kappa shape index (κ1) is 19.3. The van der Waals surface area contributed by atoms with Gasteiger partial charge in [-0.15, -0.1) is 0 Å². The lowest BCUT2D eigenvalue weighted by molar-refractivity contribution is -0.156. The monoisotopic (exact) mass is 303 g/mol. The van der Waals surface area contributed by atoms with Crippen LogP contribution in [-0.2, 0) is 14.3 Å². The quantitative estimate of drug-likeness (QED) is 0.425. The Hall–Kier alpha value is -0.710. The number of rotatable bonds is 8. The first-order chi connectivity index (χ1) is 9.23. The lowest BCUT2D eigenvalue weighted by Gasteiger charge is -2.28. The van der Waals surface area contributed by atoms with Gasteiger partial charge in [0.05, 0.1) is 6.61 Å². The fourth-order valence-corrected chi connectivity index (χ4v) is 2.69. The molecule has 0 aliphatic rings. The largest absolute Gasteiger partial charge is 0.465 e. The molecule has 0 radical (unpaired) electrons. The molecule has 0 spiro atoms. The minimum Gasteiger partial charge on any atom is -0.465 e. The highest BCUT2D eigenvalue weighted by Crippen LogP contribution is 2.27. The molecule has 0 aliphatic carbocycles. The lowest BCUT2D eigenvalue weighted by Crippen LogP contribution is -2.46. The number of ether oxygens (including phenoxy) is 1. The summed E-state index contributed by atoms with van der Waals surface area (Å²) in [5.74, 6) is 0.660. The zero-order valence-electron chi connectivity index (χ0n) is 13.6. The van der Waals surface area contributed by atoms with E-state index < -0.39 is 17.3 Å². The van der Waals surface area contributed by atoms with Crippen LogP contribution in [0.5, 0.6) is 0 Å². The maximum absolute atomic E-state index is 12.3. The Morgan fingerprint density at radius 3 is 2.30 bits per heavy atom. The zero-order chi connectivity index (χ0) is 15.8. The van der Waals surface area contributed by atoms with Crippen molar-refractivity contribution in [2.24, 2.45) is 11.3 Å². The second-order valence-corrected chi connectivity index (χ2v) is 7.34. The van der Waals surface area contributed by atoms with Gasteiger partial charge in [-0.1, -0.05) is 27.7 Å². The van der Waals surface area contributed by atoms with Crippen LogP contribution in [0.2, 0.25) is 0 Å². The molecule has 0 aliphatic heterocycles. The fraction of sp³-hybridized carbons (Fsp3) is 0.867. The van der Waals surface area contributed by atoms with Crippen molar-refractivity contribution in [2.45, 2.75) is 54.0 Å². The van der Waals surface area contributed by atoms with Crippen molar-refractivity contribution >= 4 is 23.6 Å². The van der Waals surface area contributed by atoms with Gasteiger partial charge in [0.2, 0.25) is 5.91 Å². The summed E-state index contributed by atoms with van der Waals surface area (Å²) >= 11 is 1.85. The summed E-state index contributed by atoms with van der Waals surface area (Å²) in [7, 11) is 0. The highest BCUT2D eigenvalue weighted by molar-refractivity contribution is 7.99. The molecular formula is C15H29NO3S. The minimum absolute atomic E-state index is 0.0702. The molecule has 4 nitrogen and oxygen atoms in total. The van der Waals surface area contributed by atoms with Gasteiger partial charge in [0.15, 0.2) is 0 Å². The highest BCUT2D eigenvalue weighted by Gasteiger charge is 2.39. The van der Waals surface area contributed by atoms with Crippen LogP contribution in [0.15, 0.2) is 0 Å². The molecule has 2 atom stereocenters. The van der Waals surface area contributed by atoms with E-state index in [2.05, 4.69) is 12.2 Å². The van der Waals surface area contributed by atoms with E-state index in [0.29, 0.717) is 6.61 Å². The second kappa shape index (κ2) is 9.27. The molecule has 0 bridgehead atoms. The van der Waals surface area contributed by atoms with Gasteiger partial charge in [-0.05, 0) is 37.2 Å². The summed E-state index contributed by atoms with van der Waals surface area (Å²) < 4.78 is 5.03. The van der Waals surface area contributed by atoms with Crippen molar-refractivity contribution in [3.63, 3.8) is 0 Å².